The molecule has 0 aliphatic rings. The van der Waals surface area contributed by atoms with Gasteiger partial charge in [0.1, 0.15) is 5.75 Å². The number of hydrogen-bond acceptors (Lipinski definition) is 2. The fourth-order valence-corrected chi connectivity index (χ4v) is 1.72. The number of nitrogens with two attached hydrogens (primary N) is 1. The fourth-order valence-electron chi connectivity index (χ4n) is 1.72. The summed E-state index contributed by atoms with van der Waals surface area (Å²) in [7, 11) is 1.51. The van der Waals surface area contributed by atoms with Crippen molar-refractivity contribution in [1.82, 2.24) is 0 Å². The molecule has 20 heavy (non-hydrogen) atoms. The van der Waals surface area contributed by atoms with Gasteiger partial charge in [-0.25, -0.2) is 13.2 Å². The number of hydrogen-bond donors (Lipinski definition) is 1. The van der Waals surface area contributed by atoms with Crippen LogP contribution in [0.25, 0.3) is 12.2 Å². The lowest BCUT2D eigenvalue weighted by molar-refractivity contribution is 0.417. The topological polar surface area (TPSA) is 35.2 Å². The van der Waals surface area contributed by atoms with E-state index in [1.165, 1.54) is 13.2 Å². The van der Waals surface area contributed by atoms with Crippen LogP contribution in [0.2, 0.25) is 0 Å². The van der Waals surface area contributed by atoms with Crippen LogP contribution in [0.5, 0.6) is 5.75 Å². The van der Waals surface area contributed by atoms with Gasteiger partial charge in [0.05, 0.1) is 12.8 Å². The van der Waals surface area contributed by atoms with Crippen molar-refractivity contribution in [3.05, 3.63) is 58.9 Å². The Morgan fingerprint density at radius 3 is 2.10 bits per heavy atom. The molecule has 0 aliphatic carbocycles. The van der Waals surface area contributed by atoms with E-state index in [0.717, 1.165) is 17.7 Å². The molecule has 0 fully saturated rings. The van der Waals surface area contributed by atoms with Gasteiger partial charge in [-0.1, -0.05) is 18.2 Å². The highest BCUT2D eigenvalue weighted by molar-refractivity contribution is 5.72. The van der Waals surface area contributed by atoms with Crippen molar-refractivity contribution in [3.8, 4) is 5.75 Å². The molecule has 0 radical (unpaired) electrons. The maximum Gasteiger partial charge on any atom is 0.194 e. The molecule has 0 bridgehead atoms. The average Bonchev–Trinajstić information content (AvgIpc) is 2.42. The van der Waals surface area contributed by atoms with Gasteiger partial charge in [0.2, 0.25) is 0 Å². The molecular weight excluding hydrogens is 267 g/mol. The molecule has 104 valence electrons. The number of ether oxygens (including phenoxy) is 1. The zero-order chi connectivity index (χ0) is 14.7. The van der Waals surface area contributed by atoms with Gasteiger partial charge in [0.15, 0.2) is 17.5 Å². The van der Waals surface area contributed by atoms with Gasteiger partial charge in [-0.3, -0.25) is 0 Å². The Kier molecular flexibility index (Phi) is 3.98. The zero-order valence-corrected chi connectivity index (χ0v) is 10.7. The van der Waals surface area contributed by atoms with Crippen LogP contribution in [-0.4, -0.2) is 7.11 Å². The first kappa shape index (κ1) is 14.0. The van der Waals surface area contributed by atoms with Crippen molar-refractivity contribution in [2.75, 3.05) is 12.8 Å². The van der Waals surface area contributed by atoms with Gasteiger partial charge >= 0.3 is 0 Å². The Morgan fingerprint density at radius 1 is 0.950 bits per heavy atom. The first-order valence-electron chi connectivity index (χ1n) is 5.77. The smallest absolute Gasteiger partial charge is 0.194 e. The standard InChI is InChI=1S/C15H12F3NO/c1-20-14-5-4-9(8-13(14)19)2-3-10-6-11(16)15(18)12(17)7-10/h2-8H,19H2,1H3/b3-2+. The molecule has 0 unspecified atom stereocenters. The Balaban J connectivity index is 2.27. The first-order chi connectivity index (χ1) is 9.51. The van der Waals surface area contributed by atoms with E-state index in [1.54, 1.807) is 24.3 Å². The van der Waals surface area contributed by atoms with E-state index in [9.17, 15) is 13.2 Å². The summed E-state index contributed by atoms with van der Waals surface area (Å²) >= 11 is 0. The van der Waals surface area contributed by atoms with E-state index in [2.05, 4.69) is 0 Å². The minimum atomic E-state index is -1.48. The predicted molar refractivity (Wildman–Crippen MR) is 72.7 cm³/mol. The summed E-state index contributed by atoms with van der Waals surface area (Å²) in [6, 6.07) is 6.91. The second-order valence-electron chi connectivity index (χ2n) is 4.13. The minimum Gasteiger partial charge on any atom is -0.495 e. The summed E-state index contributed by atoms with van der Waals surface area (Å²) in [5.74, 6) is -3.38. The second kappa shape index (κ2) is 5.69. The third-order valence-electron chi connectivity index (χ3n) is 2.73. The molecule has 0 spiro atoms. The number of nitrogen functional groups attached to an aromatic ring is 1. The maximum absolute atomic E-state index is 13.0. The summed E-state index contributed by atoms with van der Waals surface area (Å²) in [5.41, 5.74) is 7.14. The molecule has 0 heterocycles. The van der Waals surface area contributed by atoms with Crippen LogP contribution in [0.15, 0.2) is 30.3 Å². The van der Waals surface area contributed by atoms with E-state index in [-0.39, 0.29) is 5.56 Å². The molecule has 2 rings (SSSR count). The molecule has 2 N–H and O–H groups in total. The highest BCUT2D eigenvalue weighted by Gasteiger charge is 2.08. The van der Waals surface area contributed by atoms with Crippen LogP contribution in [0.1, 0.15) is 11.1 Å². The Hall–Kier alpha value is -2.43. The number of benzene rings is 2. The summed E-state index contributed by atoms with van der Waals surface area (Å²) in [6.07, 6.45) is 3.08. The van der Waals surface area contributed by atoms with E-state index < -0.39 is 17.5 Å². The molecule has 0 aromatic heterocycles. The maximum atomic E-state index is 13.0. The first-order valence-corrected chi connectivity index (χ1v) is 5.77. The van der Waals surface area contributed by atoms with Crippen molar-refractivity contribution in [1.29, 1.82) is 0 Å². The summed E-state index contributed by atoms with van der Waals surface area (Å²) in [4.78, 5) is 0. The molecule has 2 nitrogen and oxygen atoms in total. The van der Waals surface area contributed by atoms with Gasteiger partial charge in [0, 0.05) is 0 Å². The second-order valence-corrected chi connectivity index (χ2v) is 4.13. The van der Waals surface area contributed by atoms with E-state index >= 15 is 0 Å². The van der Waals surface area contributed by atoms with Gasteiger partial charge in [-0.05, 0) is 35.4 Å². The quantitative estimate of drug-likeness (QED) is 0.526. The summed E-state index contributed by atoms with van der Waals surface area (Å²) in [5, 5.41) is 0. The summed E-state index contributed by atoms with van der Waals surface area (Å²) in [6.45, 7) is 0. The van der Waals surface area contributed by atoms with Crippen molar-refractivity contribution >= 4 is 17.8 Å². The SMILES string of the molecule is COc1ccc(/C=C/c2cc(F)c(F)c(F)c2)cc1N. The lowest BCUT2D eigenvalue weighted by Crippen LogP contribution is -1.92. The molecule has 0 aliphatic heterocycles. The van der Waals surface area contributed by atoms with Crippen molar-refractivity contribution in [2.45, 2.75) is 0 Å². The fraction of sp³-hybridized carbons (Fsp3) is 0.0667. The largest absolute Gasteiger partial charge is 0.495 e. The molecule has 0 saturated heterocycles. The predicted octanol–water partition coefficient (Wildman–Crippen LogP) is 3.87. The summed E-state index contributed by atoms with van der Waals surface area (Å²) < 4.78 is 43.9. The van der Waals surface area contributed by atoms with E-state index in [0.29, 0.717) is 11.4 Å². The van der Waals surface area contributed by atoms with Crippen LogP contribution in [0, 0.1) is 17.5 Å². The molecular formula is C15H12F3NO. The Labute approximate surface area is 114 Å². The molecule has 2 aromatic carbocycles. The monoisotopic (exact) mass is 279 g/mol. The zero-order valence-electron chi connectivity index (χ0n) is 10.7. The third-order valence-corrected chi connectivity index (χ3v) is 2.73. The van der Waals surface area contributed by atoms with Gasteiger partial charge in [-0.2, -0.15) is 0 Å². The van der Waals surface area contributed by atoms with Gasteiger partial charge < -0.3 is 10.5 Å². The lowest BCUT2D eigenvalue weighted by atomic mass is 10.1. The lowest BCUT2D eigenvalue weighted by Gasteiger charge is -2.04. The Morgan fingerprint density at radius 2 is 1.55 bits per heavy atom. The minimum absolute atomic E-state index is 0.218. The third kappa shape index (κ3) is 2.93. The van der Waals surface area contributed by atoms with Crippen LogP contribution >= 0.6 is 0 Å². The highest BCUT2D eigenvalue weighted by Crippen LogP contribution is 2.23. The molecule has 0 amide bonds. The van der Waals surface area contributed by atoms with Gasteiger partial charge in [-0.15, -0.1) is 0 Å². The molecule has 0 saturated carbocycles. The van der Waals surface area contributed by atoms with Crippen molar-refractivity contribution in [3.63, 3.8) is 0 Å². The van der Waals surface area contributed by atoms with Crippen LogP contribution in [0.4, 0.5) is 18.9 Å². The number of anilines is 1. The number of methoxy groups -OCH3 is 1. The van der Waals surface area contributed by atoms with Crippen LogP contribution < -0.4 is 10.5 Å². The normalized spacial score (nSPS) is 11.0. The molecule has 0 atom stereocenters. The van der Waals surface area contributed by atoms with Crippen LogP contribution in [-0.2, 0) is 0 Å². The molecule has 5 heteroatoms. The van der Waals surface area contributed by atoms with Crippen LogP contribution in [0.3, 0.4) is 0 Å². The molecule has 2 aromatic rings. The number of halogens is 3. The van der Waals surface area contributed by atoms with E-state index in [1.807, 2.05) is 0 Å². The Bertz CT molecular complexity index is 645. The van der Waals surface area contributed by atoms with Crippen molar-refractivity contribution in [2.24, 2.45) is 0 Å². The average molecular weight is 279 g/mol. The van der Waals surface area contributed by atoms with Crippen molar-refractivity contribution < 1.29 is 17.9 Å². The van der Waals surface area contributed by atoms with Gasteiger partial charge in [0.25, 0.3) is 0 Å². The van der Waals surface area contributed by atoms with E-state index in [4.69, 9.17) is 10.5 Å². The highest BCUT2D eigenvalue weighted by atomic mass is 19.2. The number of rotatable bonds is 3.